The number of H-pyrrole nitrogens is 1. The topological polar surface area (TPSA) is 63.8 Å². The highest BCUT2D eigenvalue weighted by atomic mass is 35.5. The zero-order valence-electron chi connectivity index (χ0n) is 11.7. The van der Waals surface area contributed by atoms with Crippen molar-refractivity contribution < 1.29 is 17.7 Å². The summed E-state index contributed by atoms with van der Waals surface area (Å²) in [6.45, 7) is 0. The lowest BCUT2D eigenvalue weighted by atomic mass is 10.2. The molecule has 0 fully saturated rings. The van der Waals surface area contributed by atoms with Crippen LogP contribution >= 0.6 is 11.6 Å². The van der Waals surface area contributed by atoms with E-state index in [1.165, 1.54) is 12.1 Å². The van der Waals surface area contributed by atoms with E-state index in [-0.39, 0.29) is 16.9 Å². The number of rotatable bonds is 1. The third-order valence-corrected chi connectivity index (χ3v) is 3.87. The van der Waals surface area contributed by atoms with Gasteiger partial charge in [0.15, 0.2) is 11.4 Å². The van der Waals surface area contributed by atoms with E-state index in [0.717, 1.165) is 16.7 Å². The summed E-state index contributed by atoms with van der Waals surface area (Å²) >= 11 is 5.86. The second kappa shape index (κ2) is 4.88. The molecule has 0 bridgehead atoms. The Morgan fingerprint density at radius 1 is 1.17 bits per heavy atom. The van der Waals surface area contributed by atoms with E-state index in [0.29, 0.717) is 16.0 Å². The van der Waals surface area contributed by atoms with Crippen LogP contribution in [-0.2, 0) is 6.18 Å². The lowest BCUT2D eigenvalue weighted by Crippen LogP contribution is -2.15. The van der Waals surface area contributed by atoms with Gasteiger partial charge in [0.2, 0.25) is 0 Å². The van der Waals surface area contributed by atoms with Crippen molar-refractivity contribution in [1.29, 1.82) is 0 Å². The van der Waals surface area contributed by atoms with E-state index < -0.39 is 17.4 Å². The van der Waals surface area contributed by atoms with Crippen molar-refractivity contribution >= 4 is 33.6 Å². The summed E-state index contributed by atoms with van der Waals surface area (Å²) in [4.78, 5) is 14.7. The van der Waals surface area contributed by atoms with E-state index >= 15 is 0 Å². The van der Waals surface area contributed by atoms with Crippen LogP contribution in [0.2, 0.25) is 5.02 Å². The molecule has 1 N–H and O–H groups in total. The van der Waals surface area contributed by atoms with Gasteiger partial charge in [-0.3, -0.25) is 0 Å². The third-order valence-electron chi connectivity index (χ3n) is 3.64. The van der Waals surface area contributed by atoms with Gasteiger partial charge in [0.1, 0.15) is 0 Å². The second-order valence-electron chi connectivity index (χ2n) is 5.14. The van der Waals surface area contributed by atoms with Gasteiger partial charge in [0, 0.05) is 11.1 Å². The van der Waals surface area contributed by atoms with E-state index in [9.17, 15) is 18.0 Å². The number of hydrogen-bond acceptors (Lipinski definition) is 3. The Labute approximate surface area is 136 Å². The summed E-state index contributed by atoms with van der Waals surface area (Å²) < 4.78 is 45.0. The Kier molecular flexibility index (Phi) is 3.01. The molecule has 4 rings (SSSR count). The van der Waals surface area contributed by atoms with Crippen molar-refractivity contribution in [2.75, 3.05) is 0 Å². The fourth-order valence-corrected chi connectivity index (χ4v) is 2.71. The number of nitrogens with zero attached hydrogens (tertiary/aromatic N) is 2. The molecule has 0 spiro atoms. The summed E-state index contributed by atoms with van der Waals surface area (Å²) in [7, 11) is 0. The van der Waals surface area contributed by atoms with Gasteiger partial charge in [-0.05, 0) is 30.3 Å². The van der Waals surface area contributed by atoms with Crippen molar-refractivity contribution in [3.63, 3.8) is 0 Å². The first-order valence-corrected chi connectivity index (χ1v) is 7.10. The van der Waals surface area contributed by atoms with Gasteiger partial charge in [0.25, 0.3) is 0 Å². The summed E-state index contributed by atoms with van der Waals surface area (Å²) in [6.07, 6.45) is -4.52. The highest BCUT2D eigenvalue weighted by molar-refractivity contribution is 6.31. The molecule has 4 aromatic rings. The number of benzene rings is 2. The maximum Gasteiger partial charge on any atom is 0.416 e. The smallest absolute Gasteiger partial charge is 0.354 e. The van der Waals surface area contributed by atoms with E-state index in [2.05, 4.69) is 10.1 Å². The molecule has 0 aliphatic rings. The Bertz CT molecular complexity index is 1140. The summed E-state index contributed by atoms with van der Waals surface area (Å²) in [5, 5.41) is 4.68. The van der Waals surface area contributed by atoms with Crippen LogP contribution in [0.25, 0.3) is 27.8 Å². The Hall–Kier alpha value is -2.74. The summed E-state index contributed by atoms with van der Waals surface area (Å²) in [5.74, 6) is 0.0947. The number of fused-ring (bicyclic) bond motifs is 2. The van der Waals surface area contributed by atoms with Crippen molar-refractivity contribution in [2.24, 2.45) is 0 Å². The van der Waals surface area contributed by atoms with Gasteiger partial charge < -0.3 is 9.51 Å². The SMILES string of the molecule is O=c1[nH]c2ccc(C(F)(F)F)cc2n1-c1noc2cc(Cl)ccc12. The minimum absolute atomic E-state index is 0.0555. The normalized spacial score (nSPS) is 12.3. The average Bonchev–Trinajstić information content (AvgIpc) is 3.04. The largest absolute Gasteiger partial charge is 0.416 e. The predicted octanol–water partition coefficient (Wildman–Crippen LogP) is 4.13. The van der Waals surface area contributed by atoms with Crippen LogP contribution in [0.5, 0.6) is 0 Å². The average molecular weight is 354 g/mol. The number of nitrogens with one attached hydrogen (secondary N) is 1. The molecule has 24 heavy (non-hydrogen) atoms. The lowest BCUT2D eigenvalue weighted by molar-refractivity contribution is -0.137. The van der Waals surface area contributed by atoms with E-state index in [1.54, 1.807) is 12.1 Å². The van der Waals surface area contributed by atoms with E-state index in [4.69, 9.17) is 16.1 Å². The van der Waals surface area contributed by atoms with Crippen LogP contribution in [0.4, 0.5) is 13.2 Å². The number of halogens is 4. The monoisotopic (exact) mass is 353 g/mol. The van der Waals surface area contributed by atoms with Gasteiger partial charge >= 0.3 is 11.9 Å². The molecular formula is C15H7ClF3N3O2. The Balaban J connectivity index is 2.04. The minimum Gasteiger partial charge on any atom is -0.354 e. The molecule has 0 aliphatic heterocycles. The standard InChI is InChI=1S/C15H7ClF3N3O2/c16-8-2-3-9-12(6-8)24-21-13(9)22-11-5-7(15(17,18)19)1-4-10(11)20-14(22)23/h1-6H,(H,20,23). The van der Waals surface area contributed by atoms with Crippen LogP contribution < -0.4 is 5.69 Å². The number of hydrogen-bond donors (Lipinski definition) is 1. The molecule has 0 atom stereocenters. The van der Waals surface area contributed by atoms with Crippen molar-refractivity contribution in [2.45, 2.75) is 6.18 Å². The number of alkyl halides is 3. The van der Waals surface area contributed by atoms with Crippen molar-refractivity contribution in [3.05, 3.63) is 57.5 Å². The minimum atomic E-state index is -4.52. The zero-order chi connectivity index (χ0) is 17.1. The second-order valence-corrected chi connectivity index (χ2v) is 5.58. The number of imidazole rings is 1. The Morgan fingerprint density at radius 2 is 1.96 bits per heavy atom. The first-order valence-electron chi connectivity index (χ1n) is 6.72. The van der Waals surface area contributed by atoms with Crippen LogP contribution in [0, 0.1) is 0 Å². The van der Waals surface area contributed by atoms with Crippen LogP contribution in [0.3, 0.4) is 0 Å². The van der Waals surface area contributed by atoms with Crippen molar-refractivity contribution in [1.82, 2.24) is 14.7 Å². The van der Waals surface area contributed by atoms with Gasteiger partial charge in [-0.2, -0.15) is 13.2 Å². The highest BCUT2D eigenvalue weighted by Crippen LogP contribution is 2.32. The van der Waals surface area contributed by atoms with E-state index in [1.807, 2.05) is 0 Å². The maximum atomic E-state index is 12.9. The van der Waals surface area contributed by atoms with Gasteiger partial charge in [-0.1, -0.05) is 16.8 Å². The van der Waals surface area contributed by atoms with Gasteiger partial charge in [0.05, 0.1) is 22.0 Å². The van der Waals surface area contributed by atoms with Crippen LogP contribution in [0.1, 0.15) is 5.56 Å². The zero-order valence-corrected chi connectivity index (χ0v) is 12.4. The molecule has 5 nitrogen and oxygen atoms in total. The molecule has 2 aromatic carbocycles. The first-order chi connectivity index (χ1) is 11.3. The lowest BCUT2D eigenvalue weighted by Gasteiger charge is -2.07. The molecule has 0 saturated carbocycles. The molecule has 0 unspecified atom stereocenters. The number of aromatic nitrogens is 3. The molecule has 9 heteroatoms. The van der Waals surface area contributed by atoms with Crippen LogP contribution in [0.15, 0.2) is 45.7 Å². The number of aromatic amines is 1. The molecule has 2 heterocycles. The molecule has 0 aliphatic carbocycles. The predicted molar refractivity (Wildman–Crippen MR) is 81.5 cm³/mol. The van der Waals surface area contributed by atoms with Gasteiger partial charge in [-0.25, -0.2) is 9.36 Å². The molecule has 2 aromatic heterocycles. The maximum absolute atomic E-state index is 12.9. The summed E-state index contributed by atoms with van der Waals surface area (Å²) in [6, 6.07) is 7.67. The molecule has 0 amide bonds. The van der Waals surface area contributed by atoms with Crippen molar-refractivity contribution in [3.8, 4) is 5.82 Å². The fraction of sp³-hybridized carbons (Fsp3) is 0.0667. The molecule has 0 saturated heterocycles. The first kappa shape index (κ1) is 14.8. The quantitative estimate of drug-likeness (QED) is 0.559. The third kappa shape index (κ3) is 2.18. The fourth-order valence-electron chi connectivity index (χ4n) is 2.55. The molecule has 122 valence electrons. The summed E-state index contributed by atoms with van der Waals surface area (Å²) in [5.41, 5.74) is -0.836. The molecule has 0 radical (unpaired) electrons. The Morgan fingerprint density at radius 3 is 2.71 bits per heavy atom. The molecular weight excluding hydrogens is 347 g/mol. The van der Waals surface area contributed by atoms with Crippen LogP contribution in [-0.4, -0.2) is 14.7 Å². The van der Waals surface area contributed by atoms with Gasteiger partial charge in [-0.15, -0.1) is 0 Å². The highest BCUT2D eigenvalue weighted by Gasteiger charge is 2.31.